The summed E-state index contributed by atoms with van der Waals surface area (Å²) in [7, 11) is 0. The molecule has 0 saturated heterocycles. The minimum atomic E-state index is 0.254. The van der Waals surface area contributed by atoms with Crippen LogP contribution in [0.3, 0.4) is 0 Å². The van der Waals surface area contributed by atoms with Crippen molar-refractivity contribution >= 4 is 11.9 Å². The van der Waals surface area contributed by atoms with E-state index in [0.717, 1.165) is 0 Å². The smallest absolute Gasteiger partial charge is 0.0699 e. The van der Waals surface area contributed by atoms with Gasteiger partial charge in [0.2, 0.25) is 0 Å². The molecule has 1 aliphatic rings. The van der Waals surface area contributed by atoms with E-state index in [4.69, 9.17) is 0 Å². The fraction of sp³-hybridized carbons (Fsp3) is 0.533. The third-order valence-electron chi connectivity index (χ3n) is 3.34. The van der Waals surface area contributed by atoms with Gasteiger partial charge in [0.25, 0.3) is 0 Å². The van der Waals surface area contributed by atoms with Crippen molar-refractivity contribution in [2.24, 2.45) is 10.4 Å². The molecule has 1 aliphatic heterocycles. The molecule has 0 radical (unpaired) electrons. The summed E-state index contributed by atoms with van der Waals surface area (Å²) in [6, 6.07) is 6.59. The highest BCUT2D eigenvalue weighted by molar-refractivity contribution is 5.83. The number of rotatable bonds is 1. The van der Waals surface area contributed by atoms with Gasteiger partial charge in [0, 0.05) is 12.1 Å². The number of nitrogens with zero attached hydrogens (tertiary/aromatic N) is 1. The highest BCUT2D eigenvalue weighted by Crippen LogP contribution is 2.45. The zero-order valence-electron chi connectivity index (χ0n) is 10.9. The van der Waals surface area contributed by atoms with E-state index >= 15 is 0 Å². The largest absolute Gasteiger partial charge is 0.260 e. The lowest BCUT2D eigenvalue weighted by atomic mass is 9.77. The van der Waals surface area contributed by atoms with E-state index in [9.17, 15) is 0 Å². The van der Waals surface area contributed by atoms with Crippen molar-refractivity contribution in [3.8, 4) is 0 Å². The summed E-state index contributed by atoms with van der Waals surface area (Å²) in [4.78, 5) is 4.64. The van der Waals surface area contributed by atoms with Crippen LogP contribution < -0.4 is 0 Å². The van der Waals surface area contributed by atoms with E-state index in [2.05, 4.69) is 64.0 Å². The Balaban J connectivity index is 2.50. The van der Waals surface area contributed by atoms with Gasteiger partial charge in [-0.3, -0.25) is 4.99 Å². The quantitative estimate of drug-likeness (QED) is 0.646. The van der Waals surface area contributed by atoms with Gasteiger partial charge in [-0.15, -0.1) is 0 Å². The Morgan fingerprint density at radius 2 is 1.88 bits per heavy atom. The second kappa shape index (κ2) is 3.73. The average Bonchev–Trinajstić information content (AvgIpc) is 2.59. The first-order valence-corrected chi connectivity index (χ1v) is 6.08. The summed E-state index contributed by atoms with van der Waals surface area (Å²) in [5, 5.41) is 0. The lowest BCUT2D eigenvalue weighted by Crippen LogP contribution is -2.17. The molecule has 0 aliphatic carbocycles. The van der Waals surface area contributed by atoms with E-state index in [1.807, 2.05) is 0 Å². The first-order chi connectivity index (χ1) is 7.41. The minimum Gasteiger partial charge on any atom is -0.260 e. The fourth-order valence-electron chi connectivity index (χ4n) is 2.37. The number of fused-ring (bicyclic) bond motifs is 1. The average molecular weight is 215 g/mol. The molecular weight excluding hydrogens is 194 g/mol. The number of benzene rings is 1. The lowest BCUT2D eigenvalue weighted by Gasteiger charge is -2.26. The van der Waals surface area contributed by atoms with Gasteiger partial charge in [0.1, 0.15) is 0 Å². The second-order valence-corrected chi connectivity index (χ2v) is 6.06. The maximum Gasteiger partial charge on any atom is 0.0699 e. The van der Waals surface area contributed by atoms with Gasteiger partial charge in [-0.25, -0.2) is 0 Å². The summed E-state index contributed by atoms with van der Waals surface area (Å²) >= 11 is 0. The second-order valence-electron chi connectivity index (χ2n) is 6.06. The topological polar surface area (TPSA) is 12.4 Å². The Morgan fingerprint density at radius 3 is 2.44 bits per heavy atom. The van der Waals surface area contributed by atoms with E-state index < -0.39 is 0 Å². The van der Waals surface area contributed by atoms with E-state index in [1.54, 1.807) is 0 Å². The molecule has 1 atom stereocenters. The van der Waals surface area contributed by atoms with Crippen LogP contribution in [-0.2, 0) is 0 Å². The first kappa shape index (κ1) is 11.4. The SMILES string of the molecule is CC(C)c1cccc2c1N=CC2C(C)(C)C. The Hall–Kier alpha value is -1.11. The van der Waals surface area contributed by atoms with Crippen LogP contribution in [0.1, 0.15) is 57.6 Å². The van der Waals surface area contributed by atoms with E-state index in [-0.39, 0.29) is 5.41 Å². The van der Waals surface area contributed by atoms with Crippen LogP contribution >= 0.6 is 0 Å². The molecule has 1 nitrogen and oxygen atoms in total. The fourth-order valence-corrected chi connectivity index (χ4v) is 2.37. The standard InChI is InChI=1S/C15H21N/c1-10(2)11-7-6-8-12-13(15(3,4)5)9-16-14(11)12/h6-10,13H,1-5H3. The predicted octanol–water partition coefficient (Wildman–Crippen LogP) is 4.66. The van der Waals surface area contributed by atoms with Crippen LogP contribution in [0.25, 0.3) is 0 Å². The van der Waals surface area contributed by atoms with Gasteiger partial charge in [-0.05, 0) is 22.5 Å². The molecule has 1 heteroatoms. The molecule has 0 N–H and O–H groups in total. The highest BCUT2D eigenvalue weighted by atomic mass is 14.8. The molecule has 1 unspecified atom stereocenters. The molecule has 1 aromatic carbocycles. The molecule has 16 heavy (non-hydrogen) atoms. The van der Waals surface area contributed by atoms with Crippen molar-refractivity contribution in [3.63, 3.8) is 0 Å². The summed E-state index contributed by atoms with van der Waals surface area (Å²) in [6.45, 7) is 11.3. The normalized spacial score (nSPS) is 19.2. The lowest BCUT2D eigenvalue weighted by molar-refractivity contribution is 0.390. The van der Waals surface area contributed by atoms with Crippen LogP contribution in [0, 0.1) is 5.41 Å². The molecule has 0 fully saturated rings. The number of aliphatic imine (C=N–C) groups is 1. The van der Waals surface area contributed by atoms with E-state index in [0.29, 0.717) is 11.8 Å². The Labute approximate surface area is 98.6 Å². The maximum atomic E-state index is 4.64. The molecule has 0 amide bonds. The van der Waals surface area contributed by atoms with Crippen LogP contribution in [-0.4, -0.2) is 6.21 Å². The molecule has 1 heterocycles. The van der Waals surface area contributed by atoms with Crippen molar-refractivity contribution in [1.29, 1.82) is 0 Å². The first-order valence-electron chi connectivity index (χ1n) is 6.08. The summed E-state index contributed by atoms with van der Waals surface area (Å²) < 4.78 is 0. The summed E-state index contributed by atoms with van der Waals surface area (Å²) in [5.41, 5.74) is 4.25. The van der Waals surface area contributed by atoms with Gasteiger partial charge in [0.15, 0.2) is 0 Å². The molecule has 86 valence electrons. The molecule has 0 spiro atoms. The van der Waals surface area contributed by atoms with Crippen molar-refractivity contribution in [2.75, 3.05) is 0 Å². The Morgan fingerprint density at radius 1 is 1.19 bits per heavy atom. The van der Waals surface area contributed by atoms with Gasteiger partial charge < -0.3 is 0 Å². The van der Waals surface area contributed by atoms with E-state index in [1.165, 1.54) is 16.8 Å². The van der Waals surface area contributed by atoms with Crippen LogP contribution in [0.15, 0.2) is 23.2 Å². The molecule has 1 aromatic rings. The molecule has 2 rings (SSSR count). The monoisotopic (exact) mass is 215 g/mol. The maximum absolute atomic E-state index is 4.64. The van der Waals surface area contributed by atoms with Gasteiger partial charge in [-0.1, -0.05) is 52.8 Å². The minimum absolute atomic E-state index is 0.254. The zero-order valence-corrected chi connectivity index (χ0v) is 10.9. The summed E-state index contributed by atoms with van der Waals surface area (Å²) in [5.74, 6) is 1.01. The molecular formula is C15H21N. The summed E-state index contributed by atoms with van der Waals surface area (Å²) in [6.07, 6.45) is 2.12. The number of hydrogen-bond acceptors (Lipinski definition) is 1. The third kappa shape index (κ3) is 1.79. The van der Waals surface area contributed by atoms with Crippen LogP contribution in [0.5, 0.6) is 0 Å². The highest BCUT2D eigenvalue weighted by Gasteiger charge is 2.31. The molecule has 0 saturated carbocycles. The van der Waals surface area contributed by atoms with Crippen LogP contribution in [0.2, 0.25) is 0 Å². The van der Waals surface area contributed by atoms with Crippen molar-refractivity contribution in [2.45, 2.75) is 46.5 Å². The Kier molecular flexibility index (Phi) is 2.65. The van der Waals surface area contributed by atoms with Gasteiger partial charge >= 0.3 is 0 Å². The number of para-hydroxylation sites is 1. The van der Waals surface area contributed by atoms with Gasteiger partial charge in [0.05, 0.1) is 5.69 Å². The number of hydrogen-bond donors (Lipinski definition) is 0. The van der Waals surface area contributed by atoms with Crippen molar-refractivity contribution < 1.29 is 0 Å². The van der Waals surface area contributed by atoms with Crippen molar-refractivity contribution in [3.05, 3.63) is 29.3 Å². The zero-order chi connectivity index (χ0) is 11.9. The van der Waals surface area contributed by atoms with Crippen molar-refractivity contribution in [1.82, 2.24) is 0 Å². The Bertz CT molecular complexity index is 422. The predicted molar refractivity (Wildman–Crippen MR) is 70.9 cm³/mol. The van der Waals surface area contributed by atoms with Gasteiger partial charge in [-0.2, -0.15) is 0 Å². The third-order valence-corrected chi connectivity index (χ3v) is 3.34. The van der Waals surface area contributed by atoms with Crippen LogP contribution in [0.4, 0.5) is 5.69 Å². The molecule has 0 bridgehead atoms. The molecule has 0 aromatic heterocycles.